The Morgan fingerprint density at radius 2 is 1.42 bits per heavy atom. The number of unbranched alkanes of at least 4 members (excludes halogenated alkanes) is 3. The summed E-state index contributed by atoms with van der Waals surface area (Å²) in [5.41, 5.74) is -0.323. The molecule has 43 heavy (non-hydrogen) atoms. The third-order valence-electron chi connectivity index (χ3n) is 7.35. The Hall–Kier alpha value is -3.95. The van der Waals surface area contributed by atoms with Crippen LogP contribution in [0.15, 0.2) is 42.5 Å². The van der Waals surface area contributed by atoms with Gasteiger partial charge in [-0.05, 0) is 73.9 Å². The Morgan fingerprint density at radius 3 is 2.12 bits per heavy atom. The van der Waals surface area contributed by atoms with E-state index in [1.807, 2.05) is 6.92 Å². The van der Waals surface area contributed by atoms with Crippen LogP contribution >= 0.6 is 0 Å². The van der Waals surface area contributed by atoms with Crippen molar-refractivity contribution in [2.45, 2.75) is 64.7 Å². The van der Waals surface area contributed by atoms with Gasteiger partial charge in [-0.3, -0.25) is 0 Å². The highest BCUT2D eigenvalue weighted by Crippen LogP contribution is 2.40. The van der Waals surface area contributed by atoms with Crippen molar-refractivity contribution in [2.75, 3.05) is 13.2 Å². The zero-order valence-electron chi connectivity index (χ0n) is 23.9. The van der Waals surface area contributed by atoms with E-state index in [1.54, 1.807) is 13.0 Å². The Kier molecular flexibility index (Phi) is 10.8. The van der Waals surface area contributed by atoms with Crippen molar-refractivity contribution in [3.05, 3.63) is 94.1 Å². The number of rotatable bonds is 12. The molecular weight excluding hydrogens is 574 g/mol. The van der Waals surface area contributed by atoms with Gasteiger partial charge in [0.05, 0.1) is 18.8 Å². The number of hydrogen-bond acceptors (Lipinski definition) is 4. The first-order valence-corrected chi connectivity index (χ1v) is 14.3. The van der Waals surface area contributed by atoms with Crippen molar-refractivity contribution in [3.63, 3.8) is 0 Å². The highest BCUT2D eigenvalue weighted by atomic mass is 19.2. The molecule has 3 aromatic rings. The van der Waals surface area contributed by atoms with E-state index >= 15 is 4.39 Å². The number of carbonyl (C=O) groups excluding carboxylic acids is 1. The lowest BCUT2D eigenvalue weighted by atomic mass is 9.82. The van der Waals surface area contributed by atoms with Gasteiger partial charge >= 0.3 is 5.97 Å². The number of esters is 1. The summed E-state index contributed by atoms with van der Waals surface area (Å²) in [5.74, 6) is -10.9. The lowest BCUT2D eigenvalue weighted by Crippen LogP contribution is -2.14. The van der Waals surface area contributed by atoms with E-state index in [1.165, 1.54) is 18.2 Å². The van der Waals surface area contributed by atoms with Crippen molar-refractivity contribution < 1.29 is 45.3 Å². The minimum absolute atomic E-state index is 0.108. The van der Waals surface area contributed by atoms with Crippen LogP contribution in [0.5, 0.6) is 17.2 Å². The van der Waals surface area contributed by atoms with Crippen molar-refractivity contribution in [1.82, 2.24) is 0 Å². The molecule has 10 heteroatoms. The highest BCUT2D eigenvalue weighted by Gasteiger charge is 2.27. The molecule has 1 aliphatic rings. The molecule has 3 aromatic carbocycles. The SMILES string of the molecule is CCCCCCOc1ccc(OC(=O)c2ccc(C3=CCC(c4ccc(OCC)c(F)c4F)CC3)c(F)c2F)c(F)c1F. The molecule has 0 saturated heterocycles. The number of benzene rings is 3. The number of ether oxygens (including phenoxy) is 3. The first-order valence-electron chi connectivity index (χ1n) is 14.3. The smallest absolute Gasteiger partial charge is 0.346 e. The van der Waals surface area contributed by atoms with E-state index in [4.69, 9.17) is 14.2 Å². The summed E-state index contributed by atoms with van der Waals surface area (Å²) in [6, 6.07) is 7.07. The summed E-state index contributed by atoms with van der Waals surface area (Å²) < 4.78 is 103. The van der Waals surface area contributed by atoms with Crippen LogP contribution in [-0.4, -0.2) is 19.2 Å². The third-order valence-corrected chi connectivity index (χ3v) is 7.35. The topological polar surface area (TPSA) is 44.8 Å². The zero-order valence-corrected chi connectivity index (χ0v) is 23.9. The van der Waals surface area contributed by atoms with Gasteiger partial charge in [0.2, 0.25) is 17.5 Å². The molecule has 230 valence electrons. The van der Waals surface area contributed by atoms with E-state index in [9.17, 15) is 26.7 Å². The van der Waals surface area contributed by atoms with Crippen LogP contribution in [0.25, 0.3) is 5.57 Å². The van der Waals surface area contributed by atoms with Crippen molar-refractivity contribution in [2.24, 2.45) is 0 Å². The Morgan fingerprint density at radius 1 is 0.744 bits per heavy atom. The second-order valence-corrected chi connectivity index (χ2v) is 10.2. The number of allylic oxidation sites excluding steroid dienone is 2. The largest absolute Gasteiger partial charge is 0.491 e. The van der Waals surface area contributed by atoms with Gasteiger partial charge in [0.25, 0.3) is 0 Å². The van der Waals surface area contributed by atoms with Crippen LogP contribution in [0.3, 0.4) is 0 Å². The molecule has 0 fully saturated rings. The monoisotopic (exact) mass is 606 g/mol. The Labute approximate surface area is 246 Å². The molecule has 0 N–H and O–H groups in total. The Balaban J connectivity index is 1.45. The molecular formula is C33H32F6O4. The molecule has 0 bridgehead atoms. The van der Waals surface area contributed by atoms with Gasteiger partial charge < -0.3 is 14.2 Å². The number of hydrogen-bond donors (Lipinski definition) is 0. The van der Waals surface area contributed by atoms with Gasteiger partial charge in [0, 0.05) is 5.56 Å². The first-order chi connectivity index (χ1) is 20.7. The second-order valence-electron chi connectivity index (χ2n) is 10.2. The molecule has 0 radical (unpaired) electrons. The van der Waals surface area contributed by atoms with Crippen LogP contribution in [0.1, 0.15) is 86.2 Å². The molecule has 0 aromatic heterocycles. The predicted octanol–water partition coefficient (Wildman–Crippen LogP) is 9.45. The lowest BCUT2D eigenvalue weighted by molar-refractivity contribution is 0.0720. The maximum atomic E-state index is 15.1. The third kappa shape index (κ3) is 7.17. The van der Waals surface area contributed by atoms with Gasteiger partial charge in [0.15, 0.2) is 34.7 Å². The maximum Gasteiger partial charge on any atom is 0.346 e. The van der Waals surface area contributed by atoms with E-state index in [-0.39, 0.29) is 54.6 Å². The lowest BCUT2D eigenvalue weighted by Gasteiger charge is -2.24. The first kappa shape index (κ1) is 32.0. The van der Waals surface area contributed by atoms with Crippen molar-refractivity contribution in [3.8, 4) is 17.2 Å². The molecule has 1 unspecified atom stereocenters. The van der Waals surface area contributed by atoms with E-state index < -0.39 is 52.2 Å². The van der Waals surface area contributed by atoms with Crippen LogP contribution in [0.4, 0.5) is 26.3 Å². The normalized spacial score (nSPS) is 14.8. The summed E-state index contributed by atoms with van der Waals surface area (Å²) in [6.45, 7) is 4.05. The van der Waals surface area contributed by atoms with Crippen molar-refractivity contribution in [1.29, 1.82) is 0 Å². The molecule has 4 nitrogen and oxygen atoms in total. The molecule has 1 atom stereocenters. The zero-order chi connectivity index (χ0) is 31.1. The summed E-state index contributed by atoms with van der Waals surface area (Å²) in [6.07, 6.45) is 5.95. The summed E-state index contributed by atoms with van der Waals surface area (Å²) >= 11 is 0. The Bertz CT molecular complexity index is 1500. The van der Waals surface area contributed by atoms with Crippen molar-refractivity contribution >= 4 is 11.5 Å². The molecule has 0 saturated carbocycles. The number of carbonyl (C=O) groups is 1. The summed E-state index contributed by atoms with van der Waals surface area (Å²) in [4.78, 5) is 12.6. The minimum atomic E-state index is -1.52. The molecule has 1 aliphatic carbocycles. The second kappa shape index (κ2) is 14.5. The van der Waals surface area contributed by atoms with Crippen LogP contribution in [-0.2, 0) is 0 Å². The van der Waals surface area contributed by atoms with Gasteiger partial charge in [0.1, 0.15) is 0 Å². The maximum absolute atomic E-state index is 15.1. The molecule has 0 spiro atoms. The van der Waals surface area contributed by atoms with Crippen LogP contribution in [0.2, 0.25) is 0 Å². The quantitative estimate of drug-likeness (QED) is 0.0892. The molecule has 0 aliphatic heterocycles. The fourth-order valence-corrected chi connectivity index (χ4v) is 5.02. The standard InChI is InChI=1S/C33H32F6O4/c1-3-5-6-7-18-42-25-16-17-26(32(39)31(25)38)43-33(40)23-13-12-21(27(34)29(23)36)19-8-10-20(11-9-19)22-14-15-24(41-4-2)30(37)28(22)35/h8,12-17,20H,3-7,9-11,18H2,1-2H3. The molecule has 0 amide bonds. The van der Waals surface area contributed by atoms with Crippen LogP contribution < -0.4 is 14.2 Å². The summed E-state index contributed by atoms with van der Waals surface area (Å²) in [7, 11) is 0. The predicted molar refractivity (Wildman–Crippen MR) is 149 cm³/mol. The van der Waals surface area contributed by atoms with Gasteiger partial charge in [-0.25, -0.2) is 18.0 Å². The van der Waals surface area contributed by atoms with Gasteiger partial charge in [-0.1, -0.05) is 44.4 Å². The highest BCUT2D eigenvalue weighted by molar-refractivity contribution is 5.92. The van der Waals surface area contributed by atoms with E-state index in [0.717, 1.165) is 37.5 Å². The van der Waals surface area contributed by atoms with Gasteiger partial charge in [-0.15, -0.1) is 0 Å². The molecule has 4 rings (SSSR count). The van der Waals surface area contributed by atoms with Crippen LogP contribution in [0, 0.1) is 34.9 Å². The summed E-state index contributed by atoms with van der Waals surface area (Å²) in [5, 5.41) is 0. The van der Waals surface area contributed by atoms with Gasteiger partial charge in [-0.2, -0.15) is 13.2 Å². The van der Waals surface area contributed by atoms with E-state index in [2.05, 4.69) is 0 Å². The van der Waals surface area contributed by atoms with E-state index in [0.29, 0.717) is 18.4 Å². The average molecular weight is 607 g/mol. The fraction of sp³-hybridized carbons (Fsp3) is 0.364. The fourth-order valence-electron chi connectivity index (χ4n) is 5.02. The minimum Gasteiger partial charge on any atom is -0.491 e. The molecule has 0 heterocycles. The number of halogens is 6. The average Bonchev–Trinajstić information content (AvgIpc) is 3.00.